The van der Waals surface area contributed by atoms with Crippen LogP contribution in [-0.4, -0.2) is 6.04 Å². The van der Waals surface area contributed by atoms with E-state index in [1.165, 1.54) is 16.7 Å². The molecule has 1 heteroatoms. The van der Waals surface area contributed by atoms with E-state index in [2.05, 4.69) is 57.8 Å². The number of hydrogen-bond donors (Lipinski definition) is 1. The first kappa shape index (κ1) is 14.0. The van der Waals surface area contributed by atoms with Gasteiger partial charge in [0.05, 0.1) is 0 Å². The molecule has 1 aromatic rings. The van der Waals surface area contributed by atoms with Crippen molar-refractivity contribution >= 4 is 0 Å². The number of benzene rings is 1. The van der Waals surface area contributed by atoms with Crippen molar-refractivity contribution in [2.45, 2.75) is 52.6 Å². The Bertz CT molecular complexity index is 368. The van der Waals surface area contributed by atoms with Crippen molar-refractivity contribution in [3.63, 3.8) is 0 Å². The van der Waals surface area contributed by atoms with Gasteiger partial charge in [-0.05, 0) is 51.7 Å². The summed E-state index contributed by atoms with van der Waals surface area (Å²) < 4.78 is 0. The molecule has 0 bridgehead atoms. The minimum Gasteiger partial charge on any atom is -0.308 e. The van der Waals surface area contributed by atoms with Gasteiger partial charge in [0.1, 0.15) is 0 Å². The van der Waals surface area contributed by atoms with Crippen LogP contribution in [0.3, 0.4) is 0 Å². The summed E-state index contributed by atoms with van der Waals surface area (Å²) in [5.41, 5.74) is 4.11. The molecule has 1 nitrogen and oxygen atoms in total. The number of hydrogen-bond acceptors (Lipinski definition) is 1. The van der Waals surface area contributed by atoms with E-state index in [9.17, 15) is 0 Å². The maximum absolute atomic E-state index is 3.77. The molecule has 0 saturated heterocycles. The molecule has 0 aliphatic carbocycles. The zero-order valence-electron chi connectivity index (χ0n) is 11.6. The van der Waals surface area contributed by atoms with Crippen LogP contribution in [0.15, 0.2) is 30.9 Å². The molecule has 0 radical (unpaired) electrons. The lowest BCUT2D eigenvalue weighted by molar-refractivity contribution is 0.457. The van der Waals surface area contributed by atoms with Crippen LogP contribution in [0.1, 0.15) is 49.4 Å². The highest BCUT2D eigenvalue weighted by Gasteiger charge is 2.11. The Morgan fingerprint density at radius 1 is 1.29 bits per heavy atom. The molecule has 17 heavy (non-hydrogen) atoms. The van der Waals surface area contributed by atoms with Gasteiger partial charge < -0.3 is 5.32 Å². The van der Waals surface area contributed by atoms with E-state index in [4.69, 9.17) is 0 Å². The van der Waals surface area contributed by atoms with Gasteiger partial charge in [0.15, 0.2) is 0 Å². The zero-order chi connectivity index (χ0) is 12.8. The average Bonchev–Trinajstić information content (AvgIpc) is 2.29. The fourth-order valence-electron chi connectivity index (χ4n) is 2.19. The van der Waals surface area contributed by atoms with E-state index in [0.717, 1.165) is 12.8 Å². The third kappa shape index (κ3) is 4.35. The normalized spacial score (nSPS) is 14.4. The van der Waals surface area contributed by atoms with Gasteiger partial charge in [0.25, 0.3) is 0 Å². The molecule has 0 aliphatic rings. The Morgan fingerprint density at radius 3 is 2.65 bits per heavy atom. The summed E-state index contributed by atoms with van der Waals surface area (Å²) in [4.78, 5) is 0. The highest BCUT2D eigenvalue weighted by Crippen LogP contribution is 2.19. The van der Waals surface area contributed by atoms with Crippen LogP contribution < -0.4 is 5.32 Å². The second-order valence-electron chi connectivity index (χ2n) is 5.02. The fourth-order valence-corrected chi connectivity index (χ4v) is 2.19. The van der Waals surface area contributed by atoms with Crippen molar-refractivity contribution in [1.29, 1.82) is 0 Å². The van der Waals surface area contributed by atoms with Crippen molar-refractivity contribution < 1.29 is 0 Å². The highest BCUT2D eigenvalue weighted by molar-refractivity contribution is 5.32. The lowest BCUT2D eigenvalue weighted by atomic mass is 9.99. The van der Waals surface area contributed by atoms with Crippen LogP contribution in [0, 0.1) is 13.8 Å². The van der Waals surface area contributed by atoms with Crippen LogP contribution in [0.2, 0.25) is 0 Å². The summed E-state index contributed by atoms with van der Waals surface area (Å²) in [6.45, 7) is 12.6. The van der Waals surface area contributed by atoms with E-state index >= 15 is 0 Å². The molecule has 2 atom stereocenters. The van der Waals surface area contributed by atoms with Crippen LogP contribution >= 0.6 is 0 Å². The van der Waals surface area contributed by atoms with E-state index in [0.29, 0.717) is 12.1 Å². The first-order chi connectivity index (χ1) is 8.04. The first-order valence-electron chi connectivity index (χ1n) is 6.48. The average molecular weight is 231 g/mol. The van der Waals surface area contributed by atoms with Gasteiger partial charge in [-0.25, -0.2) is 0 Å². The smallest absolute Gasteiger partial charge is 0.0296 e. The summed E-state index contributed by atoms with van der Waals surface area (Å²) in [6.07, 6.45) is 4.22. The number of nitrogens with one attached hydrogen (secondary N) is 1. The van der Waals surface area contributed by atoms with Gasteiger partial charge in [0, 0.05) is 12.1 Å². The lowest BCUT2D eigenvalue weighted by Crippen LogP contribution is -2.29. The monoisotopic (exact) mass is 231 g/mol. The van der Waals surface area contributed by atoms with E-state index in [1.807, 2.05) is 6.08 Å². The molecular formula is C16H25N. The van der Waals surface area contributed by atoms with Crippen molar-refractivity contribution in [2.24, 2.45) is 0 Å². The molecule has 0 aliphatic heterocycles. The van der Waals surface area contributed by atoms with Gasteiger partial charge in [0.2, 0.25) is 0 Å². The van der Waals surface area contributed by atoms with Crippen molar-refractivity contribution in [3.8, 4) is 0 Å². The molecule has 0 amide bonds. The zero-order valence-corrected chi connectivity index (χ0v) is 11.6. The molecule has 1 rings (SSSR count). The molecule has 2 unspecified atom stereocenters. The van der Waals surface area contributed by atoms with Crippen molar-refractivity contribution in [2.75, 3.05) is 0 Å². The quantitative estimate of drug-likeness (QED) is 0.719. The van der Waals surface area contributed by atoms with E-state index in [1.54, 1.807) is 0 Å². The highest BCUT2D eigenvalue weighted by atomic mass is 14.9. The molecular weight excluding hydrogens is 206 g/mol. The maximum Gasteiger partial charge on any atom is 0.0296 e. The Balaban J connectivity index is 2.65. The molecule has 0 fully saturated rings. The molecule has 0 aromatic heterocycles. The fraction of sp³-hybridized carbons (Fsp3) is 0.500. The van der Waals surface area contributed by atoms with Gasteiger partial charge in [-0.3, -0.25) is 0 Å². The number of allylic oxidation sites excluding steroid dienone is 1. The molecule has 0 spiro atoms. The van der Waals surface area contributed by atoms with Gasteiger partial charge in [-0.2, -0.15) is 0 Å². The van der Waals surface area contributed by atoms with Crippen LogP contribution in [0.5, 0.6) is 0 Å². The summed E-state index contributed by atoms with van der Waals surface area (Å²) in [6, 6.07) is 7.61. The standard InChI is InChI=1S/C16H25N/c1-6-7-8-14(4)17-15(5)16-11-12(2)9-10-13(16)3/h6,9-11,14-15,17H,1,7-8H2,2-5H3. The topological polar surface area (TPSA) is 12.0 Å². The Morgan fingerprint density at radius 2 is 2.00 bits per heavy atom. The second kappa shape index (κ2) is 6.61. The lowest BCUT2D eigenvalue weighted by Gasteiger charge is -2.22. The first-order valence-corrected chi connectivity index (χ1v) is 6.48. The molecule has 94 valence electrons. The molecule has 0 saturated carbocycles. The van der Waals surface area contributed by atoms with E-state index in [-0.39, 0.29) is 0 Å². The summed E-state index contributed by atoms with van der Waals surface area (Å²) >= 11 is 0. The van der Waals surface area contributed by atoms with E-state index < -0.39 is 0 Å². The molecule has 1 aromatic carbocycles. The third-order valence-corrected chi connectivity index (χ3v) is 3.24. The Labute approximate surface area is 106 Å². The molecule has 0 heterocycles. The van der Waals surface area contributed by atoms with Crippen molar-refractivity contribution in [3.05, 3.63) is 47.5 Å². The maximum atomic E-state index is 3.77. The predicted molar refractivity (Wildman–Crippen MR) is 76.4 cm³/mol. The summed E-state index contributed by atoms with van der Waals surface area (Å²) in [5.74, 6) is 0. The minimum absolute atomic E-state index is 0.412. The Hall–Kier alpha value is -1.08. The predicted octanol–water partition coefficient (Wildman–Crippen LogP) is 4.31. The van der Waals surface area contributed by atoms with Gasteiger partial charge >= 0.3 is 0 Å². The molecule has 1 N–H and O–H groups in total. The van der Waals surface area contributed by atoms with Crippen LogP contribution in [0.4, 0.5) is 0 Å². The number of rotatable bonds is 6. The largest absolute Gasteiger partial charge is 0.308 e. The summed E-state index contributed by atoms with van der Waals surface area (Å²) in [7, 11) is 0. The van der Waals surface area contributed by atoms with Crippen molar-refractivity contribution in [1.82, 2.24) is 5.32 Å². The Kier molecular flexibility index (Phi) is 5.43. The van der Waals surface area contributed by atoms with Crippen LogP contribution in [0.25, 0.3) is 0 Å². The minimum atomic E-state index is 0.412. The SMILES string of the molecule is C=CCCC(C)NC(C)c1cc(C)ccc1C. The van der Waals surface area contributed by atoms with Gasteiger partial charge in [-0.15, -0.1) is 6.58 Å². The third-order valence-electron chi connectivity index (χ3n) is 3.24. The summed E-state index contributed by atoms with van der Waals surface area (Å²) in [5, 5.41) is 3.65. The van der Waals surface area contributed by atoms with Crippen LogP contribution in [-0.2, 0) is 0 Å². The second-order valence-corrected chi connectivity index (χ2v) is 5.02. The number of aryl methyl sites for hydroxylation is 2. The van der Waals surface area contributed by atoms with Gasteiger partial charge in [-0.1, -0.05) is 29.8 Å².